The Morgan fingerprint density at radius 3 is 2.78 bits per heavy atom. The van der Waals surface area contributed by atoms with Crippen molar-refractivity contribution < 1.29 is 0 Å². The lowest BCUT2D eigenvalue weighted by atomic mass is 10.1. The maximum absolute atomic E-state index is 4.63. The fraction of sp³-hybridized carbons (Fsp3) is 0.353. The van der Waals surface area contributed by atoms with Crippen LogP contribution in [0.3, 0.4) is 0 Å². The number of aryl methyl sites for hydroxylation is 3. The van der Waals surface area contributed by atoms with Gasteiger partial charge in [-0.05, 0) is 37.5 Å². The van der Waals surface area contributed by atoms with Gasteiger partial charge in [0.2, 0.25) is 5.95 Å². The summed E-state index contributed by atoms with van der Waals surface area (Å²) >= 11 is 0. The maximum atomic E-state index is 4.63. The fourth-order valence-electron chi connectivity index (χ4n) is 2.43. The van der Waals surface area contributed by atoms with Crippen LogP contribution < -0.4 is 10.6 Å². The van der Waals surface area contributed by atoms with Gasteiger partial charge in [-0.2, -0.15) is 15.1 Å². The molecule has 120 valence electrons. The van der Waals surface area contributed by atoms with Crippen molar-refractivity contribution in [2.45, 2.75) is 27.2 Å². The first-order valence-electron chi connectivity index (χ1n) is 7.86. The number of rotatable bonds is 5. The molecule has 1 aromatic carbocycles. The zero-order chi connectivity index (χ0) is 16.4. The summed E-state index contributed by atoms with van der Waals surface area (Å²) in [6, 6.07) is 6.34. The molecular weight excluding hydrogens is 288 g/mol. The number of benzene rings is 1. The Kier molecular flexibility index (Phi) is 4.14. The van der Waals surface area contributed by atoms with Gasteiger partial charge < -0.3 is 10.6 Å². The van der Waals surface area contributed by atoms with Crippen LogP contribution in [0.15, 0.2) is 24.4 Å². The number of aromatic nitrogens is 4. The Morgan fingerprint density at radius 2 is 2.00 bits per heavy atom. The molecule has 0 atom stereocenters. The van der Waals surface area contributed by atoms with Crippen molar-refractivity contribution in [3.63, 3.8) is 0 Å². The summed E-state index contributed by atoms with van der Waals surface area (Å²) in [5.41, 5.74) is 4.25. The highest BCUT2D eigenvalue weighted by Crippen LogP contribution is 2.27. The summed E-state index contributed by atoms with van der Waals surface area (Å²) in [5.74, 6) is 1.39. The summed E-state index contributed by atoms with van der Waals surface area (Å²) in [7, 11) is 1.89. The van der Waals surface area contributed by atoms with Gasteiger partial charge in [0, 0.05) is 19.3 Å². The zero-order valence-electron chi connectivity index (χ0n) is 14.0. The van der Waals surface area contributed by atoms with Crippen LogP contribution >= 0.6 is 0 Å². The molecule has 6 heteroatoms. The van der Waals surface area contributed by atoms with Crippen LogP contribution in [-0.2, 0) is 7.05 Å². The first-order chi connectivity index (χ1) is 11.1. The van der Waals surface area contributed by atoms with Crippen molar-refractivity contribution in [1.82, 2.24) is 19.7 Å². The van der Waals surface area contributed by atoms with E-state index in [9.17, 15) is 0 Å². The summed E-state index contributed by atoms with van der Waals surface area (Å²) in [5, 5.41) is 11.9. The topological polar surface area (TPSA) is 67.7 Å². The molecule has 3 rings (SSSR count). The quantitative estimate of drug-likeness (QED) is 0.754. The molecule has 3 aromatic rings. The van der Waals surface area contributed by atoms with Crippen LogP contribution in [0, 0.1) is 13.8 Å². The van der Waals surface area contributed by atoms with E-state index < -0.39 is 0 Å². The largest absolute Gasteiger partial charge is 0.354 e. The van der Waals surface area contributed by atoms with Gasteiger partial charge in [0.05, 0.1) is 11.6 Å². The summed E-state index contributed by atoms with van der Waals surface area (Å²) in [6.07, 6.45) is 2.82. The van der Waals surface area contributed by atoms with E-state index in [1.807, 2.05) is 7.05 Å². The minimum absolute atomic E-state index is 0.621. The van der Waals surface area contributed by atoms with Crippen LogP contribution in [0.4, 0.5) is 17.5 Å². The second-order valence-corrected chi connectivity index (χ2v) is 5.77. The van der Waals surface area contributed by atoms with Crippen molar-refractivity contribution in [3.8, 4) is 0 Å². The highest BCUT2D eigenvalue weighted by Gasteiger charge is 2.12. The normalized spacial score (nSPS) is 11.0. The molecule has 0 unspecified atom stereocenters. The molecule has 0 saturated carbocycles. The molecule has 23 heavy (non-hydrogen) atoms. The predicted molar refractivity (Wildman–Crippen MR) is 94.3 cm³/mol. The first kappa shape index (κ1) is 15.3. The highest BCUT2D eigenvalue weighted by molar-refractivity contribution is 5.89. The van der Waals surface area contributed by atoms with E-state index in [0.717, 1.165) is 35.5 Å². The van der Waals surface area contributed by atoms with Crippen LogP contribution in [0.5, 0.6) is 0 Å². The van der Waals surface area contributed by atoms with Gasteiger partial charge in [0.15, 0.2) is 5.65 Å². The van der Waals surface area contributed by atoms with Crippen molar-refractivity contribution in [1.29, 1.82) is 0 Å². The SMILES string of the molecule is CCCNc1nc(Nc2cc(C)ccc2C)c2cnn(C)c2n1. The average Bonchev–Trinajstić information content (AvgIpc) is 2.90. The highest BCUT2D eigenvalue weighted by atomic mass is 15.3. The molecular formula is C17H22N6. The van der Waals surface area contributed by atoms with Crippen molar-refractivity contribution >= 4 is 28.5 Å². The Morgan fingerprint density at radius 1 is 1.17 bits per heavy atom. The van der Waals surface area contributed by atoms with Crippen molar-refractivity contribution in [2.24, 2.45) is 7.05 Å². The lowest BCUT2D eigenvalue weighted by molar-refractivity contribution is 0.785. The second kappa shape index (κ2) is 6.24. The second-order valence-electron chi connectivity index (χ2n) is 5.77. The van der Waals surface area contributed by atoms with E-state index in [-0.39, 0.29) is 0 Å². The molecule has 0 bridgehead atoms. The molecule has 0 amide bonds. The molecule has 0 aliphatic carbocycles. The minimum atomic E-state index is 0.621. The number of hydrogen-bond acceptors (Lipinski definition) is 5. The molecule has 0 fully saturated rings. The molecule has 0 radical (unpaired) electrons. The van der Waals surface area contributed by atoms with E-state index in [1.54, 1.807) is 10.9 Å². The number of hydrogen-bond donors (Lipinski definition) is 2. The maximum Gasteiger partial charge on any atom is 0.226 e. The molecule has 2 N–H and O–H groups in total. The third-order valence-electron chi connectivity index (χ3n) is 3.77. The van der Waals surface area contributed by atoms with Gasteiger partial charge in [-0.15, -0.1) is 0 Å². The van der Waals surface area contributed by atoms with Crippen molar-refractivity contribution in [2.75, 3.05) is 17.2 Å². The zero-order valence-corrected chi connectivity index (χ0v) is 14.0. The number of anilines is 3. The molecule has 2 aromatic heterocycles. The monoisotopic (exact) mass is 310 g/mol. The molecule has 0 saturated heterocycles. The van der Waals surface area contributed by atoms with E-state index in [4.69, 9.17) is 0 Å². The number of nitrogens with one attached hydrogen (secondary N) is 2. The van der Waals surface area contributed by atoms with Crippen LogP contribution in [0.25, 0.3) is 11.0 Å². The van der Waals surface area contributed by atoms with Gasteiger partial charge in [-0.25, -0.2) is 0 Å². The predicted octanol–water partition coefficient (Wildman–Crippen LogP) is 3.55. The smallest absolute Gasteiger partial charge is 0.226 e. The minimum Gasteiger partial charge on any atom is -0.354 e. The van der Waals surface area contributed by atoms with Gasteiger partial charge in [0.25, 0.3) is 0 Å². The summed E-state index contributed by atoms with van der Waals surface area (Å²) in [4.78, 5) is 9.18. The fourth-order valence-corrected chi connectivity index (χ4v) is 2.43. The van der Waals surface area contributed by atoms with E-state index in [0.29, 0.717) is 5.95 Å². The third-order valence-corrected chi connectivity index (χ3v) is 3.77. The average molecular weight is 310 g/mol. The molecule has 0 aliphatic heterocycles. The van der Waals surface area contributed by atoms with Gasteiger partial charge >= 0.3 is 0 Å². The van der Waals surface area contributed by atoms with Gasteiger partial charge in [-0.3, -0.25) is 4.68 Å². The third kappa shape index (κ3) is 3.11. The lowest BCUT2D eigenvalue weighted by Crippen LogP contribution is -2.07. The molecule has 2 heterocycles. The Hall–Kier alpha value is -2.63. The van der Waals surface area contributed by atoms with Crippen molar-refractivity contribution in [3.05, 3.63) is 35.5 Å². The standard InChI is InChI=1S/C17H22N6/c1-5-8-18-17-21-15(13-10-19-23(4)16(13)22-17)20-14-9-11(2)6-7-12(14)3/h6-7,9-10H,5,8H2,1-4H3,(H2,18,20,21,22). The lowest BCUT2D eigenvalue weighted by Gasteiger charge is -2.12. The van der Waals surface area contributed by atoms with E-state index in [2.05, 4.69) is 64.7 Å². The molecule has 6 nitrogen and oxygen atoms in total. The molecule has 0 spiro atoms. The number of fused-ring (bicyclic) bond motifs is 1. The molecule has 0 aliphatic rings. The van der Waals surface area contributed by atoms with Crippen LogP contribution in [-0.4, -0.2) is 26.3 Å². The van der Waals surface area contributed by atoms with Crippen LogP contribution in [0.2, 0.25) is 0 Å². The summed E-state index contributed by atoms with van der Waals surface area (Å²) < 4.78 is 1.77. The van der Waals surface area contributed by atoms with Gasteiger partial charge in [0.1, 0.15) is 5.82 Å². The van der Waals surface area contributed by atoms with E-state index >= 15 is 0 Å². The Bertz CT molecular complexity index is 836. The van der Waals surface area contributed by atoms with Gasteiger partial charge in [-0.1, -0.05) is 19.1 Å². The Labute approximate surface area is 136 Å². The first-order valence-corrected chi connectivity index (χ1v) is 7.86. The van der Waals surface area contributed by atoms with Crippen LogP contribution in [0.1, 0.15) is 24.5 Å². The summed E-state index contributed by atoms with van der Waals surface area (Å²) in [6.45, 7) is 7.12. The number of nitrogens with zero attached hydrogens (tertiary/aromatic N) is 4. The van der Waals surface area contributed by atoms with E-state index in [1.165, 1.54) is 11.1 Å². The Balaban J connectivity index is 2.06.